The van der Waals surface area contributed by atoms with Gasteiger partial charge >= 0.3 is 0 Å². The molecule has 0 aromatic carbocycles. The van der Waals surface area contributed by atoms with Gasteiger partial charge in [-0.05, 0) is 24.3 Å². The first-order valence-electron chi connectivity index (χ1n) is 5.65. The third kappa shape index (κ3) is 2.87. The average molecular weight is 322 g/mol. The number of halogens is 1. The van der Waals surface area contributed by atoms with Gasteiger partial charge in [-0.2, -0.15) is 0 Å². The van der Waals surface area contributed by atoms with Crippen molar-refractivity contribution in [2.75, 3.05) is 5.32 Å². The van der Waals surface area contributed by atoms with Crippen molar-refractivity contribution in [3.05, 3.63) is 51.3 Å². The van der Waals surface area contributed by atoms with Crippen LogP contribution in [0.25, 0.3) is 11.3 Å². The van der Waals surface area contributed by atoms with Gasteiger partial charge in [0.25, 0.3) is 5.91 Å². The van der Waals surface area contributed by atoms with E-state index < -0.39 is 0 Å². The van der Waals surface area contributed by atoms with Crippen LogP contribution in [0.15, 0.2) is 42.0 Å². The molecule has 4 nitrogen and oxygen atoms in total. The number of thiophene rings is 1. The summed E-state index contributed by atoms with van der Waals surface area (Å²) in [4.78, 5) is 20.9. The second-order valence-corrected chi connectivity index (χ2v) is 6.40. The molecule has 0 atom stereocenters. The van der Waals surface area contributed by atoms with Crippen LogP contribution in [0.3, 0.4) is 0 Å². The second kappa shape index (κ2) is 5.70. The SMILES string of the molecule is O=C(Nc1nc(-c2ccncc2)cs1)c1ccc(Cl)s1. The summed E-state index contributed by atoms with van der Waals surface area (Å²) in [5.41, 5.74) is 1.79. The average Bonchev–Trinajstić information content (AvgIpc) is 3.09. The van der Waals surface area contributed by atoms with Crippen LogP contribution in [0, 0.1) is 0 Å². The van der Waals surface area contributed by atoms with E-state index in [0.717, 1.165) is 11.3 Å². The first-order valence-corrected chi connectivity index (χ1v) is 7.72. The maximum Gasteiger partial charge on any atom is 0.267 e. The van der Waals surface area contributed by atoms with Crippen molar-refractivity contribution in [2.24, 2.45) is 0 Å². The Labute approximate surface area is 128 Å². The molecule has 3 aromatic rings. The summed E-state index contributed by atoms with van der Waals surface area (Å²) in [6.45, 7) is 0. The second-order valence-electron chi connectivity index (χ2n) is 3.83. The van der Waals surface area contributed by atoms with Gasteiger partial charge in [0.1, 0.15) is 0 Å². The summed E-state index contributed by atoms with van der Waals surface area (Å²) >= 11 is 8.43. The van der Waals surface area contributed by atoms with E-state index in [2.05, 4.69) is 15.3 Å². The van der Waals surface area contributed by atoms with Crippen LogP contribution < -0.4 is 5.32 Å². The van der Waals surface area contributed by atoms with Crippen molar-refractivity contribution in [3.8, 4) is 11.3 Å². The standard InChI is InChI=1S/C13H8ClN3OS2/c14-11-2-1-10(20-11)12(18)17-13-16-9(7-19-13)8-3-5-15-6-4-8/h1-7H,(H,16,17,18). The number of amides is 1. The van der Waals surface area contributed by atoms with Gasteiger partial charge in [-0.15, -0.1) is 22.7 Å². The van der Waals surface area contributed by atoms with E-state index in [0.29, 0.717) is 14.3 Å². The number of hydrogen-bond donors (Lipinski definition) is 1. The van der Waals surface area contributed by atoms with E-state index in [1.807, 2.05) is 17.5 Å². The number of carbonyl (C=O) groups excluding carboxylic acids is 1. The predicted octanol–water partition coefficient (Wildman–Crippen LogP) is 4.17. The molecule has 0 bridgehead atoms. The Morgan fingerprint density at radius 1 is 1.20 bits per heavy atom. The van der Waals surface area contributed by atoms with Crippen molar-refractivity contribution >= 4 is 45.3 Å². The van der Waals surface area contributed by atoms with Gasteiger partial charge in [0, 0.05) is 23.3 Å². The number of nitrogens with one attached hydrogen (secondary N) is 1. The topological polar surface area (TPSA) is 54.9 Å². The maximum absolute atomic E-state index is 12.0. The van der Waals surface area contributed by atoms with Crippen molar-refractivity contribution in [1.82, 2.24) is 9.97 Å². The highest BCUT2D eigenvalue weighted by molar-refractivity contribution is 7.18. The number of nitrogens with zero attached hydrogens (tertiary/aromatic N) is 2. The number of hydrogen-bond acceptors (Lipinski definition) is 5. The van der Waals surface area contributed by atoms with E-state index in [1.54, 1.807) is 24.5 Å². The van der Waals surface area contributed by atoms with Gasteiger partial charge < -0.3 is 0 Å². The Kier molecular flexibility index (Phi) is 3.77. The van der Waals surface area contributed by atoms with Crippen LogP contribution >= 0.6 is 34.3 Å². The molecule has 0 aliphatic carbocycles. The van der Waals surface area contributed by atoms with Gasteiger partial charge in [-0.3, -0.25) is 15.1 Å². The van der Waals surface area contributed by atoms with Gasteiger partial charge in [-0.1, -0.05) is 11.6 Å². The van der Waals surface area contributed by atoms with Crippen molar-refractivity contribution in [1.29, 1.82) is 0 Å². The van der Waals surface area contributed by atoms with Crippen LogP contribution in [0.5, 0.6) is 0 Å². The lowest BCUT2D eigenvalue weighted by Gasteiger charge is -1.98. The van der Waals surface area contributed by atoms with Crippen LogP contribution in [-0.4, -0.2) is 15.9 Å². The lowest BCUT2D eigenvalue weighted by Crippen LogP contribution is -2.09. The maximum atomic E-state index is 12.0. The molecule has 0 spiro atoms. The monoisotopic (exact) mass is 321 g/mol. The fourth-order valence-corrected chi connectivity index (χ4v) is 3.23. The number of thiazole rings is 1. The van der Waals surface area contributed by atoms with Crippen LogP contribution in [-0.2, 0) is 0 Å². The zero-order chi connectivity index (χ0) is 13.9. The summed E-state index contributed by atoms with van der Waals surface area (Å²) < 4.78 is 0.590. The Morgan fingerprint density at radius 2 is 2.00 bits per heavy atom. The highest BCUT2D eigenvalue weighted by atomic mass is 35.5. The zero-order valence-corrected chi connectivity index (χ0v) is 12.4. The molecule has 0 saturated heterocycles. The smallest absolute Gasteiger partial charge is 0.267 e. The minimum Gasteiger partial charge on any atom is -0.297 e. The summed E-state index contributed by atoms with van der Waals surface area (Å²) in [7, 11) is 0. The molecule has 0 radical (unpaired) electrons. The number of rotatable bonds is 3. The Morgan fingerprint density at radius 3 is 2.70 bits per heavy atom. The molecule has 3 heterocycles. The fraction of sp³-hybridized carbons (Fsp3) is 0. The number of carbonyl (C=O) groups is 1. The molecular weight excluding hydrogens is 314 g/mol. The van der Waals surface area contributed by atoms with E-state index >= 15 is 0 Å². The van der Waals surface area contributed by atoms with E-state index in [4.69, 9.17) is 11.6 Å². The number of aromatic nitrogens is 2. The van der Waals surface area contributed by atoms with Crippen LogP contribution in [0.1, 0.15) is 9.67 Å². The first kappa shape index (κ1) is 13.2. The molecule has 20 heavy (non-hydrogen) atoms. The summed E-state index contributed by atoms with van der Waals surface area (Å²) in [5.74, 6) is -0.197. The molecule has 7 heteroatoms. The summed E-state index contributed by atoms with van der Waals surface area (Å²) in [6, 6.07) is 7.14. The van der Waals surface area contributed by atoms with E-state index in [-0.39, 0.29) is 5.91 Å². The number of pyridine rings is 1. The van der Waals surface area contributed by atoms with E-state index in [1.165, 1.54) is 22.7 Å². The van der Waals surface area contributed by atoms with Crippen molar-refractivity contribution in [3.63, 3.8) is 0 Å². The molecule has 1 amide bonds. The minimum absolute atomic E-state index is 0.197. The normalized spacial score (nSPS) is 10.4. The largest absolute Gasteiger partial charge is 0.297 e. The quantitative estimate of drug-likeness (QED) is 0.787. The van der Waals surface area contributed by atoms with E-state index in [9.17, 15) is 4.79 Å². The third-order valence-electron chi connectivity index (χ3n) is 2.50. The lowest BCUT2D eigenvalue weighted by molar-refractivity contribution is 0.103. The predicted molar refractivity (Wildman–Crippen MR) is 82.6 cm³/mol. The van der Waals surface area contributed by atoms with Crippen molar-refractivity contribution in [2.45, 2.75) is 0 Å². The molecule has 0 unspecified atom stereocenters. The first-order chi connectivity index (χ1) is 9.72. The minimum atomic E-state index is -0.197. The molecule has 1 N–H and O–H groups in total. The van der Waals surface area contributed by atoms with Gasteiger partial charge in [0.2, 0.25) is 0 Å². The van der Waals surface area contributed by atoms with Gasteiger partial charge in [0.05, 0.1) is 14.9 Å². The summed E-state index contributed by atoms with van der Waals surface area (Å²) in [6.07, 6.45) is 3.42. The molecule has 0 aliphatic heterocycles. The van der Waals surface area contributed by atoms with Gasteiger partial charge in [0.15, 0.2) is 5.13 Å². The molecular formula is C13H8ClN3OS2. The molecule has 0 saturated carbocycles. The van der Waals surface area contributed by atoms with Crippen LogP contribution in [0.4, 0.5) is 5.13 Å². The summed E-state index contributed by atoms with van der Waals surface area (Å²) in [5, 5.41) is 5.22. The molecule has 0 fully saturated rings. The third-order valence-corrected chi connectivity index (χ3v) is 4.49. The Bertz CT molecular complexity index is 739. The highest BCUT2D eigenvalue weighted by Gasteiger charge is 2.11. The molecule has 3 rings (SSSR count). The van der Waals surface area contributed by atoms with Crippen molar-refractivity contribution < 1.29 is 4.79 Å². The Hall–Kier alpha value is -1.76. The van der Waals surface area contributed by atoms with Crippen LogP contribution in [0.2, 0.25) is 4.34 Å². The fourth-order valence-electron chi connectivity index (χ4n) is 1.58. The van der Waals surface area contributed by atoms with Gasteiger partial charge in [-0.25, -0.2) is 4.98 Å². The molecule has 3 aromatic heterocycles. The molecule has 100 valence electrons. The molecule has 0 aliphatic rings. The Balaban J connectivity index is 1.76. The highest BCUT2D eigenvalue weighted by Crippen LogP contribution is 2.26. The zero-order valence-electron chi connectivity index (χ0n) is 10.0. The lowest BCUT2D eigenvalue weighted by atomic mass is 10.2. The number of anilines is 1.